The van der Waals surface area contributed by atoms with Crippen molar-refractivity contribution in [3.63, 3.8) is 0 Å². The Morgan fingerprint density at radius 3 is 2.48 bits per heavy atom. The van der Waals surface area contributed by atoms with Gasteiger partial charge in [-0.3, -0.25) is 9.59 Å². The average molecular weight is 401 g/mol. The highest BCUT2D eigenvalue weighted by Crippen LogP contribution is 2.39. The standard InChI is InChI=1S/C21H21ClN2O2S/c1-13-7-9-23(10-8-13)19-18(17-4-3-11-27-17)20(25)24(21(19)26)16-6-5-15(22)12-14(16)2/h3-6,11-13H,7-10H2,1-2H3. The number of nitrogens with zero attached hydrogens (tertiary/aromatic N) is 2. The average Bonchev–Trinajstić information content (AvgIpc) is 3.23. The molecule has 0 spiro atoms. The van der Waals surface area contributed by atoms with Crippen LogP contribution in [0, 0.1) is 12.8 Å². The number of halogens is 1. The van der Waals surface area contributed by atoms with Crippen molar-refractivity contribution in [2.75, 3.05) is 18.0 Å². The van der Waals surface area contributed by atoms with Crippen molar-refractivity contribution in [2.45, 2.75) is 26.7 Å². The van der Waals surface area contributed by atoms with Gasteiger partial charge in [-0.05, 0) is 60.9 Å². The molecule has 0 aliphatic carbocycles. The smallest absolute Gasteiger partial charge is 0.282 e. The summed E-state index contributed by atoms with van der Waals surface area (Å²) in [5.74, 6) is 0.165. The number of amides is 2. The Labute approximate surface area is 168 Å². The first kappa shape index (κ1) is 18.3. The third-order valence-electron chi connectivity index (χ3n) is 5.33. The lowest BCUT2D eigenvalue weighted by molar-refractivity contribution is -0.120. The molecule has 0 unspecified atom stereocenters. The fraction of sp³-hybridized carbons (Fsp3) is 0.333. The molecule has 2 aromatic rings. The summed E-state index contributed by atoms with van der Waals surface area (Å²) in [7, 11) is 0. The summed E-state index contributed by atoms with van der Waals surface area (Å²) in [5, 5.41) is 2.53. The molecular formula is C21H21ClN2O2S. The van der Waals surface area contributed by atoms with Gasteiger partial charge < -0.3 is 4.90 Å². The van der Waals surface area contributed by atoms with Crippen molar-refractivity contribution in [1.29, 1.82) is 0 Å². The van der Waals surface area contributed by atoms with Gasteiger partial charge in [0, 0.05) is 23.0 Å². The number of rotatable bonds is 3. The molecule has 2 amide bonds. The zero-order chi connectivity index (χ0) is 19.1. The molecule has 1 saturated heterocycles. The first-order valence-corrected chi connectivity index (χ1v) is 10.4. The van der Waals surface area contributed by atoms with Crippen LogP contribution in [0.1, 0.15) is 30.2 Å². The van der Waals surface area contributed by atoms with E-state index < -0.39 is 0 Å². The number of likely N-dealkylation sites (tertiary alicyclic amines) is 1. The lowest BCUT2D eigenvalue weighted by Crippen LogP contribution is -2.38. The molecule has 0 bridgehead atoms. The highest BCUT2D eigenvalue weighted by Gasteiger charge is 2.43. The molecule has 0 saturated carbocycles. The summed E-state index contributed by atoms with van der Waals surface area (Å²) in [4.78, 5) is 31.0. The number of thiophene rings is 1. The fourth-order valence-corrected chi connectivity index (χ4v) is 4.76. The minimum absolute atomic E-state index is 0.233. The molecule has 0 N–H and O–H groups in total. The predicted molar refractivity (Wildman–Crippen MR) is 110 cm³/mol. The number of benzene rings is 1. The van der Waals surface area contributed by atoms with Crippen molar-refractivity contribution < 1.29 is 9.59 Å². The van der Waals surface area contributed by atoms with E-state index >= 15 is 0 Å². The Morgan fingerprint density at radius 1 is 1.11 bits per heavy atom. The molecule has 1 aromatic heterocycles. The van der Waals surface area contributed by atoms with E-state index in [-0.39, 0.29) is 11.8 Å². The van der Waals surface area contributed by atoms with Gasteiger partial charge in [-0.25, -0.2) is 4.90 Å². The quantitative estimate of drug-likeness (QED) is 0.699. The summed E-state index contributed by atoms with van der Waals surface area (Å²) in [6.45, 7) is 5.71. The second-order valence-corrected chi connectivity index (χ2v) is 8.63. The summed E-state index contributed by atoms with van der Waals surface area (Å²) in [6, 6.07) is 9.08. The van der Waals surface area contributed by atoms with Gasteiger partial charge >= 0.3 is 0 Å². The van der Waals surface area contributed by atoms with Crippen LogP contribution in [0.5, 0.6) is 0 Å². The number of hydrogen-bond acceptors (Lipinski definition) is 4. The number of carbonyl (C=O) groups excluding carboxylic acids is 2. The predicted octanol–water partition coefficient (Wildman–Crippen LogP) is 4.73. The molecule has 0 radical (unpaired) electrons. The van der Waals surface area contributed by atoms with Gasteiger partial charge in [0.15, 0.2) is 0 Å². The largest absolute Gasteiger partial charge is 0.366 e. The Kier molecular flexibility index (Phi) is 4.82. The fourth-order valence-electron chi connectivity index (χ4n) is 3.78. The number of aryl methyl sites for hydroxylation is 1. The number of piperidine rings is 1. The second kappa shape index (κ2) is 7.13. The Morgan fingerprint density at radius 2 is 1.85 bits per heavy atom. The Bertz CT molecular complexity index is 928. The summed E-state index contributed by atoms with van der Waals surface area (Å²) in [5.41, 5.74) is 2.48. The SMILES string of the molecule is Cc1cc(Cl)ccc1N1C(=O)C(c2cccs2)=C(N2CCC(C)CC2)C1=O. The van der Waals surface area contributed by atoms with E-state index in [0.29, 0.717) is 27.9 Å². The van der Waals surface area contributed by atoms with Crippen LogP contribution >= 0.6 is 22.9 Å². The molecule has 2 aliphatic heterocycles. The maximum Gasteiger partial charge on any atom is 0.282 e. The third-order valence-corrected chi connectivity index (χ3v) is 6.45. The van der Waals surface area contributed by atoms with Gasteiger partial charge in [-0.1, -0.05) is 24.6 Å². The van der Waals surface area contributed by atoms with E-state index in [1.54, 1.807) is 18.2 Å². The van der Waals surface area contributed by atoms with E-state index in [4.69, 9.17) is 11.6 Å². The van der Waals surface area contributed by atoms with Gasteiger partial charge in [0.1, 0.15) is 5.70 Å². The summed E-state index contributed by atoms with van der Waals surface area (Å²) >= 11 is 7.56. The minimum Gasteiger partial charge on any atom is -0.366 e. The van der Waals surface area contributed by atoms with Crippen LogP contribution in [0.3, 0.4) is 0 Å². The monoisotopic (exact) mass is 400 g/mol. The first-order valence-electron chi connectivity index (χ1n) is 9.15. The van der Waals surface area contributed by atoms with Gasteiger partial charge in [-0.15, -0.1) is 11.3 Å². The number of anilines is 1. The molecule has 0 atom stereocenters. The zero-order valence-corrected chi connectivity index (χ0v) is 16.9. The molecule has 4 nitrogen and oxygen atoms in total. The molecule has 4 rings (SSSR count). The topological polar surface area (TPSA) is 40.6 Å². The highest BCUT2D eigenvalue weighted by molar-refractivity contribution is 7.11. The Hall–Kier alpha value is -2.11. The van der Waals surface area contributed by atoms with Gasteiger partial charge in [0.2, 0.25) is 0 Å². The van der Waals surface area contributed by atoms with E-state index in [1.807, 2.05) is 24.4 Å². The number of carbonyl (C=O) groups is 2. The first-order chi connectivity index (χ1) is 13.0. The summed E-state index contributed by atoms with van der Waals surface area (Å²) in [6.07, 6.45) is 2.06. The Balaban J connectivity index is 1.80. The molecule has 2 aliphatic rings. The molecule has 3 heterocycles. The maximum atomic E-state index is 13.4. The van der Waals surface area contributed by atoms with Gasteiger partial charge in [0.25, 0.3) is 11.8 Å². The van der Waals surface area contributed by atoms with E-state index in [2.05, 4.69) is 11.8 Å². The highest BCUT2D eigenvalue weighted by atomic mass is 35.5. The molecule has 6 heteroatoms. The third kappa shape index (κ3) is 3.19. The van der Waals surface area contributed by atoms with Crippen molar-refractivity contribution in [3.8, 4) is 0 Å². The lowest BCUT2D eigenvalue weighted by Gasteiger charge is -2.32. The van der Waals surface area contributed by atoms with Gasteiger partial charge in [-0.2, -0.15) is 0 Å². The van der Waals surface area contributed by atoms with Crippen molar-refractivity contribution in [2.24, 2.45) is 5.92 Å². The molecule has 1 aromatic carbocycles. The van der Waals surface area contributed by atoms with Crippen molar-refractivity contribution >= 4 is 46.0 Å². The normalized spacial score (nSPS) is 18.8. The van der Waals surface area contributed by atoms with E-state index in [9.17, 15) is 9.59 Å². The van der Waals surface area contributed by atoms with Crippen LogP contribution in [0.15, 0.2) is 41.4 Å². The molecule has 140 valence electrons. The van der Waals surface area contributed by atoms with Crippen LogP contribution in [0.4, 0.5) is 5.69 Å². The van der Waals surface area contributed by atoms with Crippen LogP contribution in [0.2, 0.25) is 5.02 Å². The van der Waals surface area contributed by atoms with Crippen molar-refractivity contribution in [1.82, 2.24) is 4.90 Å². The van der Waals surface area contributed by atoms with E-state index in [1.165, 1.54) is 16.2 Å². The van der Waals surface area contributed by atoms with Crippen molar-refractivity contribution in [3.05, 3.63) is 56.9 Å². The maximum absolute atomic E-state index is 13.4. The minimum atomic E-state index is -0.249. The molecule has 27 heavy (non-hydrogen) atoms. The molecular weight excluding hydrogens is 380 g/mol. The van der Waals surface area contributed by atoms with Crippen LogP contribution in [-0.2, 0) is 9.59 Å². The number of imide groups is 1. The zero-order valence-electron chi connectivity index (χ0n) is 15.4. The van der Waals surface area contributed by atoms with Gasteiger partial charge in [0.05, 0.1) is 11.3 Å². The van der Waals surface area contributed by atoms with Crippen LogP contribution in [-0.4, -0.2) is 29.8 Å². The van der Waals surface area contributed by atoms with E-state index in [0.717, 1.165) is 36.4 Å². The lowest BCUT2D eigenvalue weighted by atomic mass is 9.98. The van der Waals surface area contributed by atoms with Crippen LogP contribution in [0.25, 0.3) is 5.57 Å². The summed E-state index contributed by atoms with van der Waals surface area (Å²) < 4.78 is 0. The number of hydrogen-bond donors (Lipinski definition) is 0. The van der Waals surface area contributed by atoms with Crippen LogP contribution < -0.4 is 4.90 Å². The second-order valence-electron chi connectivity index (χ2n) is 7.25. The molecule has 1 fully saturated rings.